The maximum atomic E-state index is 11.9. The van der Waals surface area contributed by atoms with Crippen LogP contribution in [-0.4, -0.2) is 23.5 Å². The third-order valence-electron chi connectivity index (χ3n) is 4.00. The Bertz CT molecular complexity index is 780. The fourth-order valence-corrected chi connectivity index (χ4v) is 3.36. The number of carbonyl (C=O) groups excluding carboxylic acids is 2. The molecule has 0 radical (unpaired) electrons. The summed E-state index contributed by atoms with van der Waals surface area (Å²) >= 11 is 1.34. The second-order valence-corrected chi connectivity index (χ2v) is 6.94. The van der Waals surface area contributed by atoms with Gasteiger partial charge >= 0.3 is 5.97 Å². The van der Waals surface area contributed by atoms with Crippen molar-refractivity contribution < 1.29 is 14.3 Å². The second kappa shape index (κ2) is 8.07. The summed E-state index contributed by atoms with van der Waals surface area (Å²) in [6.07, 6.45) is 6.41. The highest BCUT2D eigenvalue weighted by atomic mass is 32.1. The summed E-state index contributed by atoms with van der Waals surface area (Å²) in [4.78, 5) is 28.0. The molecule has 6 heteroatoms. The Morgan fingerprint density at radius 3 is 2.84 bits per heavy atom. The van der Waals surface area contributed by atoms with Crippen LogP contribution < -0.4 is 5.32 Å². The molecule has 1 aromatic heterocycles. The first-order valence-electron chi connectivity index (χ1n) is 8.25. The molecule has 0 unspecified atom stereocenters. The van der Waals surface area contributed by atoms with Crippen LogP contribution >= 0.6 is 11.3 Å². The van der Waals surface area contributed by atoms with Gasteiger partial charge in [-0.1, -0.05) is 42.0 Å². The third-order valence-corrected chi connectivity index (χ3v) is 4.76. The molecule has 1 aromatic carbocycles. The number of aromatic nitrogens is 1. The summed E-state index contributed by atoms with van der Waals surface area (Å²) in [6.45, 7) is 1.75. The lowest BCUT2D eigenvalue weighted by molar-refractivity contribution is -0.147. The summed E-state index contributed by atoms with van der Waals surface area (Å²) < 4.78 is 5.03. The van der Waals surface area contributed by atoms with E-state index in [2.05, 4.69) is 16.4 Å². The average molecular weight is 356 g/mol. The van der Waals surface area contributed by atoms with Gasteiger partial charge in [0.25, 0.3) is 5.91 Å². The molecular weight excluding hydrogens is 336 g/mol. The number of benzene rings is 1. The molecule has 1 heterocycles. The van der Waals surface area contributed by atoms with Crippen LogP contribution in [0.2, 0.25) is 0 Å². The molecule has 0 fully saturated rings. The molecule has 0 aliphatic heterocycles. The van der Waals surface area contributed by atoms with E-state index in [9.17, 15) is 9.59 Å². The van der Waals surface area contributed by atoms with Crippen molar-refractivity contribution in [2.75, 3.05) is 11.9 Å². The van der Waals surface area contributed by atoms with Crippen molar-refractivity contribution in [3.63, 3.8) is 0 Å². The minimum atomic E-state index is -0.375. The topological polar surface area (TPSA) is 68.3 Å². The van der Waals surface area contributed by atoms with Crippen molar-refractivity contribution in [2.24, 2.45) is 5.92 Å². The first-order chi connectivity index (χ1) is 12.1. The fraction of sp³-hybridized carbons (Fsp3) is 0.316. The zero-order valence-corrected chi connectivity index (χ0v) is 14.8. The molecule has 0 bridgehead atoms. The largest absolute Gasteiger partial charge is 0.456 e. The number of hydrogen-bond donors (Lipinski definition) is 1. The Morgan fingerprint density at radius 1 is 1.32 bits per heavy atom. The molecular formula is C19H20N2O3S. The fourth-order valence-electron chi connectivity index (χ4n) is 2.63. The molecule has 0 spiro atoms. The lowest BCUT2D eigenvalue weighted by Gasteiger charge is -2.07. The number of rotatable bonds is 6. The third kappa shape index (κ3) is 5.00. The molecule has 1 atom stereocenters. The van der Waals surface area contributed by atoms with E-state index in [1.165, 1.54) is 16.9 Å². The summed E-state index contributed by atoms with van der Waals surface area (Å²) in [5.41, 5.74) is 2.99. The number of hydrogen-bond acceptors (Lipinski definition) is 5. The Labute approximate surface area is 150 Å². The van der Waals surface area contributed by atoms with E-state index in [0.29, 0.717) is 11.6 Å². The molecule has 130 valence electrons. The highest BCUT2D eigenvalue weighted by molar-refractivity contribution is 7.14. The zero-order chi connectivity index (χ0) is 17.6. The van der Waals surface area contributed by atoms with Gasteiger partial charge in [0.15, 0.2) is 11.7 Å². The number of ether oxygens (including phenoxy) is 1. The van der Waals surface area contributed by atoms with E-state index in [0.717, 1.165) is 24.1 Å². The van der Waals surface area contributed by atoms with Crippen molar-refractivity contribution in [3.8, 4) is 11.3 Å². The number of allylic oxidation sites excluding steroid dienone is 2. The first-order valence-corrected chi connectivity index (χ1v) is 9.13. The van der Waals surface area contributed by atoms with E-state index >= 15 is 0 Å². The molecule has 0 saturated heterocycles. The number of aryl methyl sites for hydroxylation is 1. The van der Waals surface area contributed by atoms with Crippen molar-refractivity contribution in [1.29, 1.82) is 0 Å². The van der Waals surface area contributed by atoms with Crippen LogP contribution in [0.3, 0.4) is 0 Å². The molecule has 5 nitrogen and oxygen atoms in total. The minimum absolute atomic E-state index is 0.242. The Balaban J connectivity index is 1.47. The predicted molar refractivity (Wildman–Crippen MR) is 98.4 cm³/mol. The number of anilines is 1. The zero-order valence-electron chi connectivity index (χ0n) is 14.0. The van der Waals surface area contributed by atoms with Gasteiger partial charge in [-0.2, -0.15) is 0 Å². The molecule has 3 rings (SSSR count). The normalized spacial score (nSPS) is 16.0. The van der Waals surface area contributed by atoms with Crippen LogP contribution in [0.15, 0.2) is 41.8 Å². The van der Waals surface area contributed by atoms with Crippen LogP contribution in [0.1, 0.15) is 24.8 Å². The Hall–Kier alpha value is -2.47. The van der Waals surface area contributed by atoms with Gasteiger partial charge in [0.05, 0.1) is 12.1 Å². The number of esters is 1. The van der Waals surface area contributed by atoms with Crippen LogP contribution in [0.25, 0.3) is 11.3 Å². The molecule has 1 N–H and O–H groups in total. The number of carbonyl (C=O) groups is 2. The quantitative estimate of drug-likeness (QED) is 0.628. The van der Waals surface area contributed by atoms with E-state index in [1.807, 2.05) is 42.6 Å². The molecule has 1 aliphatic carbocycles. The monoisotopic (exact) mass is 356 g/mol. The van der Waals surface area contributed by atoms with Crippen LogP contribution in [-0.2, 0) is 14.3 Å². The lowest BCUT2D eigenvalue weighted by atomic mass is 10.1. The number of amides is 1. The molecule has 1 amide bonds. The van der Waals surface area contributed by atoms with Crippen molar-refractivity contribution in [3.05, 3.63) is 47.4 Å². The van der Waals surface area contributed by atoms with Gasteiger partial charge in [-0.05, 0) is 25.7 Å². The van der Waals surface area contributed by atoms with Gasteiger partial charge in [0.1, 0.15) is 0 Å². The van der Waals surface area contributed by atoms with Gasteiger partial charge in [-0.15, -0.1) is 11.3 Å². The minimum Gasteiger partial charge on any atom is -0.456 e. The van der Waals surface area contributed by atoms with Crippen LogP contribution in [0.5, 0.6) is 0 Å². The summed E-state index contributed by atoms with van der Waals surface area (Å²) in [7, 11) is 0. The summed E-state index contributed by atoms with van der Waals surface area (Å²) in [5, 5.41) is 5.05. The van der Waals surface area contributed by atoms with E-state index in [-0.39, 0.29) is 24.4 Å². The van der Waals surface area contributed by atoms with Gasteiger partial charge in [0.2, 0.25) is 0 Å². The van der Waals surface area contributed by atoms with E-state index in [1.54, 1.807) is 0 Å². The lowest BCUT2D eigenvalue weighted by Crippen LogP contribution is -2.21. The molecule has 1 aliphatic rings. The first kappa shape index (κ1) is 17.4. The van der Waals surface area contributed by atoms with Gasteiger partial charge in [-0.3, -0.25) is 14.9 Å². The Kier molecular flexibility index (Phi) is 5.60. The summed E-state index contributed by atoms with van der Waals surface area (Å²) in [6, 6.07) is 8.03. The van der Waals surface area contributed by atoms with Crippen molar-refractivity contribution in [2.45, 2.75) is 26.2 Å². The summed E-state index contributed by atoms with van der Waals surface area (Å²) in [5.74, 6) is -0.474. The Morgan fingerprint density at radius 2 is 2.12 bits per heavy atom. The predicted octanol–water partition coefficient (Wildman–Crippen LogP) is 3.96. The van der Waals surface area contributed by atoms with E-state index < -0.39 is 0 Å². The molecule has 2 aromatic rings. The van der Waals surface area contributed by atoms with Gasteiger partial charge < -0.3 is 4.74 Å². The highest BCUT2D eigenvalue weighted by Crippen LogP contribution is 2.25. The van der Waals surface area contributed by atoms with Gasteiger partial charge in [-0.25, -0.2) is 4.98 Å². The van der Waals surface area contributed by atoms with Crippen molar-refractivity contribution in [1.82, 2.24) is 4.98 Å². The van der Waals surface area contributed by atoms with E-state index in [4.69, 9.17) is 4.74 Å². The number of nitrogens with one attached hydrogen (secondary N) is 1. The standard InChI is InChI=1S/C19H20N2O3S/c1-13-6-8-15(9-7-13)16-12-25-19(20-16)21-17(22)11-24-18(23)10-14-4-2-3-5-14/h2,4,6-9,12,14H,3,5,10-11H2,1H3,(H,20,21,22)/t14-/m0/s1. The maximum absolute atomic E-state index is 11.9. The van der Waals surface area contributed by atoms with Gasteiger partial charge in [0, 0.05) is 10.9 Å². The maximum Gasteiger partial charge on any atom is 0.306 e. The molecule has 25 heavy (non-hydrogen) atoms. The van der Waals surface area contributed by atoms with Crippen LogP contribution in [0.4, 0.5) is 5.13 Å². The smallest absolute Gasteiger partial charge is 0.306 e. The highest BCUT2D eigenvalue weighted by Gasteiger charge is 2.16. The van der Waals surface area contributed by atoms with Crippen molar-refractivity contribution >= 4 is 28.3 Å². The second-order valence-electron chi connectivity index (χ2n) is 6.08. The van der Waals surface area contributed by atoms with Crippen LogP contribution in [0, 0.1) is 12.8 Å². The number of nitrogens with zero attached hydrogens (tertiary/aromatic N) is 1. The number of thiazole rings is 1. The average Bonchev–Trinajstić information content (AvgIpc) is 3.26. The molecule has 0 saturated carbocycles. The SMILES string of the molecule is Cc1ccc(-c2csc(NC(=O)COC(=O)C[C@H]3C=CCC3)n2)cc1.